The molecule has 1 fully saturated rings. The highest BCUT2D eigenvalue weighted by atomic mass is 16.5. The first-order chi connectivity index (χ1) is 8.93. The molecule has 1 unspecified atom stereocenters. The molecule has 1 atom stereocenters. The number of nitrogens with zero attached hydrogens (tertiary/aromatic N) is 1. The second-order valence-electron chi connectivity index (χ2n) is 5.17. The van der Waals surface area contributed by atoms with E-state index in [1.54, 1.807) is 0 Å². The van der Waals surface area contributed by atoms with E-state index in [1.165, 1.54) is 30.4 Å². The fraction of sp³-hybridized carbons (Fsp3) is 0.500. The minimum atomic E-state index is 0.737. The van der Waals surface area contributed by atoms with Crippen LogP contribution >= 0.6 is 0 Å². The first-order valence-electron chi connectivity index (χ1n) is 7.00. The van der Waals surface area contributed by atoms with Crippen LogP contribution in [0.2, 0.25) is 0 Å². The highest BCUT2D eigenvalue weighted by molar-refractivity contribution is 5.66. The van der Waals surface area contributed by atoms with Crippen molar-refractivity contribution in [2.75, 3.05) is 26.3 Å². The molecule has 3 rings (SSSR count). The number of hydrogen-bond donors (Lipinski definition) is 0. The maximum Gasteiger partial charge on any atom is 0.0594 e. The van der Waals surface area contributed by atoms with Crippen LogP contribution in [0.25, 0.3) is 5.57 Å². The van der Waals surface area contributed by atoms with Gasteiger partial charge < -0.3 is 4.74 Å². The van der Waals surface area contributed by atoms with Crippen LogP contribution in [-0.4, -0.2) is 37.2 Å². The largest absolute Gasteiger partial charge is 0.379 e. The average Bonchev–Trinajstić information content (AvgIpc) is 2.49. The molecule has 1 aliphatic heterocycles. The van der Waals surface area contributed by atoms with Crippen LogP contribution in [0, 0.1) is 0 Å². The Morgan fingerprint density at radius 3 is 2.50 bits per heavy atom. The van der Waals surface area contributed by atoms with Crippen LogP contribution in [0.5, 0.6) is 0 Å². The molecule has 1 aliphatic carbocycles. The van der Waals surface area contributed by atoms with Crippen molar-refractivity contribution in [2.24, 2.45) is 0 Å². The van der Waals surface area contributed by atoms with E-state index in [0.29, 0.717) is 0 Å². The summed E-state index contributed by atoms with van der Waals surface area (Å²) in [5.74, 6) is 0. The van der Waals surface area contributed by atoms with E-state index < -0.39 is 0 Å². The summed E-state index contributed by atoms with van der Waals surface area (Å²) >= 11 is 0. The molecule has 0 radical (unpaired) electrons. The fourth-order valence-corrected chi connectivity index (χ4v) is 3.01. The minimum Gasteiger partial charge on any atom is -0.379 e. The maximum atomic E-state index is 5.42. The smallest absolute Gasteiger partial charge is 0.0594 e. The van der Waals surface area contributed by atoms with Gasteiger partial charge in [-0.3, -0.25) is 4.90 Å². The molecule has 96 valence electrons. The Kier molecular flexibility index (Phi) is 3.77. The predicted molar refractivity (Wildman–Crippen MR) is 74.5 cm³/mol. The third kappa shape index (κ3) is 2.65. The van der Waals surface area contributed by atoms with Crippen molar-refractivity contribution in [3.8, 4) is 0 Å². The van der Waals surface area contributed by atoms with Crippen molar-refractivity contribution >= 4 is 5.57 Å². The minimum absolute atomic E-state index is 0.737. The van der Waals surface area contributed by atoms with E-state index in [4.69, 9.17) is 4.74 Å². The van der Waals surface area contributed by atoms with Gasteiger partial charge in [0, 0.05) is 19.1 Å². The normalized spacial score (nSPS) is 25.8. The van der Waals surface area contributed by atoms with Crippen molar-refractivity contribution in [3.05, 3.63) is 42.0 Å². The zero-order chi connectivity index (χ0) is 12.2. The average molecular weight is 243 g/mol. The van der Waals surface area contributed by atoms with Gasteiger partial charge in [0.25, 0.3) is 0 Å². The Labute approximate surface area is 109 Å². The first-order valence-corrected chi connectivity index (χ1v) is 7.00. The molecule has 0 saturated carbocycles. The van der Waals surface area contributed by atoms with E-state index in [1.807, 2.05) is 0 Å². The number of rotatable bonds is 2. The van der Waals surface area contributed by atoms with Crippen LogP contribution in [0.1, 0.15) is 24.8 Å². The summed E-state index contributed by atoms with van der Waals surface area (Å²) in [5.41, 5.74) is 2.93. The van der Waals surface area contributed by atoms with Gasteiger partial charge in [0.15, 0.2) is 0 Å². The molecule has 1 aromatic carbocycles. The highest BCUT2D eigenvalue weighted by Gasteiger charge is 2.23. The molecule has 18 heavy (non-hydrogen) atoms. The summed E-state index contributed by atoms with van der Waals surface area (Å²) in [6, 6.07) is 11.5. The van der Waals surface area contributed by atoms with E-state index in [0.717, 1.165) is 32.3 Å². The Hall–Kier alpha value is -1.12. The third-order valence-corrected chi connectivity index (χ3v) is 4.09. The summed E-state index contributed by atoms with van der Waals surface area (Å²) in [7, 11) is 0. The van der Waals surface area contributed by atoms with Crippen LogP contribution in [0.15, 0.2) is 36.4 Å². The van der Waals surface area contributed by atoms with E-state index in [9.17, 15) is 0 Å². The van der Waals surface area contributed by atoms with Crippen molar-refractivity contribution in [2.45, 2.75) is 25.3 Å². The van der Waals surface area contributed by atoms with Crippen LogP contribution in [0.3, 0.4) is 0 Å². The van der Waals surface area contributed by atoms with E-state index in [2.05, 4.69) is 41.3 Å². The Morgan fingerprint density at radius 2 is 1.83 bits per heavy atom. The SMILES string of the molecule is C1=C(c2ccccc2)CCC(N2CCOCC2)C1. The highest BCUT2D eigenvalue weighted by Crippen LogP contribution is 2.29. The number of ether oxygens (including phenoxy) is 1. The van der Waals surface area contributed by atoms with E-state index in [-0.39, 0.29) is 0 Å². The molecule has 1 heterocycles. The maximum absolute atomic E-state index is 5.42. The van der Waals surface area contributed by atoms with Crippen LogP contribution < -0.4 is 0 Å². The molecule has 0 aromatic heterocycles. The number of morpholine rings is 1. The van der Waals surface area contributed by atoms with Crippen molar-refractivity contribution in [3.63, 3.8) is 0 Å². The number of allylic oxidation sites excluding steroid dienone is 1. The molecule has 1 saturated heterocycles. The standard InChI is InChI=1S/C16H21NO/c1-2-4-14(5-3-1)15-6-8-16(9-7-15)17-10-12-18-13-11-17/h1-6,16H,7-13H2. The van der Waals surface area contributed by atoms with Crippen molar-refractivity contribution in [1.82, 2.24) is 4.90 Å². The van der Waals surface area contributed by atoms with Gasteiger partial charge >= 0.3 is 0 Å². The Morgan fingerprint density at radius 1 is 1.06 bits per heavy atom. The predicted octanol–water partition coefficient (Wildman–Crippen LogP) is 2.95. The van der Waals surface area contributed by atoms with Crippen LogP contribution in [0.4, 0.5) is 0 Å². The summed E-state index contributed by atoms with van der Waals surface area (Å²) in [4.78, 5) is 2.60. The van der Waals surface area contributed by atoms with Gasteiger partial charge in [-0.05, 0) is 30.4 Å². The molecular weight excluding hydrogens is 222 g/mol. The second kappa shape index (κ2) is 5.68. The number of benzene rings is 1. The lowest BCUT2D eigenvalue weighted by Crippen LogP contribution is -2.43. The molecule has 0 amide bonds. The summed E-state index contributed by atoms with van der Waals surface area (Å²) in [6.07, 6.45) is 6.15. The molecule has 0 N–H and O–H groups in total. The van der Waals surface area contributed by atoms with Gasteiger partial charge in [-0.25, -0.2) is 0 Å². The zero-order valence-corrected chi connectivity index (χ0v) is 10.8. The summed E-state index contributed by atoms with van der Waals surface area (Å²) in [6.45, 7) is 4.04. The van der Waals surface area contributed by atoms with Gasteiger partial charge in [0.1, 0.15) is 0 Å². The molecular formula is C16H21NO. The quantitative estimate of drug-likeness (QED) is 0.792. The number of hydrogen-bond acceptors (Lipinski definition) is 2. The first kappa shape index (κ1) is 11.9. The van der Waals surface area contributed by atoms with Gasteiger partial charge in [0.05, 0.1) is 13.2 Å². The lowest BCUT2D eigenvalue weighted by molar-refractivity contribution is 0.0150. The lowest BCUT2D eigenvalue weighted by Gasteiger charge is -2.36. The monoisotopic (exact) mass is 243 g/mol. The Bertz CT molecular complexity index is 406. The van der Waals surface area contributed by atoms with Crippen molar-refractivity contribution in [1.29, 1.82) is 0 Å². The third-order valence-electron chi connectivity index (χ3n) is 4.09. The molecule has 0 bridgehead atoms. The molecule has 2 nitrogen and oxygen atoms in total. The molecule has 0 spiro atoms. The van der Waals surface area contributed by atoms with Gasteiger partial charge in [-0.2, -0.15) is 0 Å². The van der Waals surface area contributed by atoms with Gasteiger partial charge in [-0.1, -0.05) is 36.4 Å². The molecule has 1 aromatic rings. The second-order valence-corrected chi connectivity index (χ2v) is 5.17. The summed E-state index contributed by atoms with van der Waals surface area (Å²) in [5, 5.41) is 0. The topological polar surface area (TPSA) is 12.5 Å². The van der Waals surface area contributed by atoms with Gasteiger partial charge in [-0.15, -0.1) is 0 Å². The van der Waals surface area contributed by atoms with E-state index >= 15 is 0 Å². The summed E-state index contributed by atoms with van der Waals surface area (Å²) < 4.78 is 5.42. The molecule has 2 aliphatic rings. The lowest BCUT2D eigenvalue weighted by atomic mass is 9.90. The Balaban J connectivity index is 1.64. The molecule has 2 heteroatoms. The van der Waals surface area contributed by atoms with Crippen LogP contribution in [-0.2, 0) is 4.74 Å². The fourth-order valence-electron chi connectivity index (χ4n) is 3.01. The van der Waals surface area contributed by atoms with Crippen molar-refractivity contribution < 1.29 is 4.74 Å². The zero-order valence-electron chi connectivity index (χ0n) is 10.8. The van der Waals surface area contributed by atoms with Gasteiger partial charge in [0.2, 0.25) is 0 Å².